The molecule has 220 valence electrons. The maximum absolute atomic E-state index is 12.5. The standard InChI is InChI=1S/C29H48N4O6/c1-21-15-17-22(18-16-21)11-10-14-25(34)31-19-9-7-13-24(27(36)38-5)33-26(35)23(30)12-6-8-20-32-28(37)39-29(2,3)4/h15-18,23-24H,6-14,19-20,30H2,1-5H3,(H,31,34)(H,32,37)(H,33,35). The average molecular weight is 549 g/mol. The molecule has 1 rings (SSSR count). The van der Waals surface area contributed by atoms with Crippen LogP contribution in [0.3, 0.4) is 0 Å². The molecule has 2 atom stereocenters. The number of esters is 1. The van der Waals surface area contributed by atoms with Gasteiger partial charge in [-0.1, -0.05) is 29.8 Å². The van der Waals surface area contributed by atoms with E-state index >= 15 is 0 Å². The molecule has 0 aromatic heterocycles. The minimum absolute atomic E-state index is 0.00667. The predicted molar refractivity (Wildman–Crippen MR) is 151 cm³/mol. The quantitative estimate of drug-likeness (QED) is 0.172. The fourth-order valence-corrected chi connectivity index (χ4v) is 3.79. The highest BCUT2D eigenvalue weighted by molar-refractivity contribution is 5.87. The Morgan fingerprint density at radius 2 is 1.51 bits per heavy atom. The maximum atomic E-state index is 12.5. The summed E-state index contributed by atoms with van der Waals surface area (Å²) in [5, 5.41) is 8.26. The van der Waals surface area contributed by atoms with Crippen molar-refractivity contribution in [1.82, 2.24) is 16.0 Å². The molecule has 0 saturated heterocycles. The largest absolute Gasteiger partial charge is 0.467 e. The molecule has 0 fully saturated rings. The molecule has 3 amide bonds. The third-order valence-electron chi connectivity index (χ3n) is 5.98. The van der Waals surface area contributed by atoms with Crippen LogP contribution in [-0.4, -0.2) is 61.8 Å². The highest BCUT2D eigenvalue weighted by Crippen LogP contribution is 2.09. The maximum Gasteiger partial charge on any atom is 0.407 e. The first kappa shape index (κ1) is 33.9. The average Bonchev–Trinajstić information content (AvgIpc) is 2.87. The minimum atomic E-state index is -0.799. The second kappa shape index (κ2) is 18.2. The van der Waals surface area contributed by atoms with Crippen LogP contribution in [0.2, 0.25) is 0 Å². The summed E-state index contributed by atoms with van der Waals surface area (Å²) in [6, 6.07) is 6.74. The van der Waals surface area contributed by atoms with E-state index in [9.17, 15) is 19.2 Å². The summed E-state index contributed by atoms with van der Waals surface area (Å²) in [6.45, 7) is 8.34. The molecule has 2 unspecified atom stereocenters. The Morgan fingerprint density at radius 1 is 0.897 bits per heavy atom. The molecule has 1 aromatic rings. The first-order valence-electron chi connectivity index (χ1n) is 13.8. The lowest BCUT2D eigenvalue weighted by Gasteiger charge is -2.20. The lowest BCUT2D eigenvalue weighted by Crippen LogP contribution is -2.48. The second-order valence-corrected chi connectivity index (χ2v) is 10.8. The van der Waals surface area contributed by atoms with E-state index in [2.05, 4.69) is 40.2 Å². The van der Waals surface area contributed by atoms with E-state index in [0.29, 0.717) is 58.0 Å². The fraction of sp³-hybridized carbons (Fsp3) is 0.655. The van der Waals surface area contributed by atoms with Gasteiger partial charge in [0.05, 0.1) is 13.2 Å². The Hall–Kier alpha value is -3.14. The van der Waals surface area contributed by atoms with E-state index in [1.165, 1.54) is 18.2 Å². The van der Waals surface area contributed by atoms with Crippen LogP contribution < -0.4 is 21.7 Å². The molecule has 0 radical (unpaired) electrons. The molecule has 10 heteroatoms. The van der Waals surface area contributed by atoms with Gasteiger partial charge in [-0.15, -0.1) is 0 Å². The number of alkyl carbamates (subject to hydrolysis) is 1. The summed E-state index contributed by atoms with van der Waals surface area (Å²) < 4.78 is 10.00. The van der Waals surface area contributed by atoms with Crippen LogP contribution in [-0.2, 0) is 30.3 Å². The van der Waals surface area contributed by atoms with Gasteiger partial charge in [0.1, 0.15) is 11.6 Å². The van der Waals surface area contributed by atoms with Gasteiger partial charge in [0.25, 0.3) is 0 Å². The van der Waals surface area contributed by atoms with Gasteiger partial charge in [-0.25, -0.2) is 9.59 Å². The lowest BCUT2D eigenvalue weighted by atomic mass is 10.1. The van der Waals surface area contributed by atoms with Crippen molar-refractivity contribution in [2.45, 2.75) is 103 Å². The van der Waals surface area contributed by atoms with Crippen molar-refractivity contribution in [3.05, 3.63) is 35.4 Å². The number of ether oxygens (including phenoxy) is 2. The van der Waals surface area contributed by atoms with Crippen molar-refractivity contribution in [2.24, 2.45) is 5.73 Å². The molecule has 0 bridgehead atoms. The molecule has 1 aromatic carbocycles. The van der Waals surface area contributed by atoms with Crippen molar-refractivity contribution >= 4 is 23.9 Å². The van der Waals surface area contributed by atoms with E-state index in [4.69, 9.17) is 15.2 Å². The van der Waals surface area contributed by atoms with Crippen molar-refractivity contribution in [1.29, 1.82) is 0 Å². The van der Waals surface area contributed by atoms with E-state index in [0.717, 1.165) is 12.8 Å². The number of benzene rings is 1. The first-order valence-corrected chi connectivity index (χ1v) is 13.8. The Kier molecular flexibility index (Phi) is 15.8. The van der Waals surface area contributed by atoms with E-state index in [-0.39, 0.29) is 5.91 Å². The summed E-state index contributed by atoms with van der Waals surface area (Å²) >= 11 is 0. The normalized spacial score (nSPS) is 12.7. The summed E-state index contributed by atoms with van der Waals surface area (Å²) in [5.74, 6) is -0.947. The van der Waals surface area contributed by atoms with Gasteiger partial charge in [-0.3, -0.25) is 9.59 Å². The highest BCUT2D eigenvalue weighted by atomic mass is 16.6. The number of aryl methyl sites for hydroxylation is 2. The Morgan fingerprint density at radius 3 is 2.13 bits per heavy atom. The highest BCUT2D eigenvalue weighted by Gasteiger charge is 2.24. The van der Waals surface area contributed by atoms with Crippen molar-refractivity contribution in [3.63, 3.8) is 0 Å². The van der Waals surface area contributed by atoms with Crippen molar-refractivity contribution in [3.8, 4) is 0 Å². The van der Waals surface area contributed by atoms with E-state index in [1.54, 1.807) is 20.8 Å². The first-order chi connectivity index (χ1) is 18.4. The molecular weight excluding hydrogens is 500 g/mol. The van der Waals surface area contributed by atoms with Crippen molar-refractivity contribution in [2.75, 3.05) is 20.2 Å². The lowest BCUT2D eigenvalue weighted by molar-refractivity contribution is -0.145. The Balaban J connectivity index is 2.24. The number of nitrogens with one attached hydrogen (secondary N) is 3. The van der Waals surface area contributed by atoms with Gasteiger partial charge in [0, 0.05) is 19.5 Å². The summed E-state index contributed by atoms with van der Waals surface area (Å²) in [4.78, 5) is 48.4. The molecule has 0 saturated carbocycles. The molecule has 39 heavy (non-hydrogen) atoms. The van der Waals surface area contributed by atoms with Crippen LogP contribution in [0.15, 0.2) is 24.3 Å². The van der Waals surface area contributed by atoms with Crippen LogP contribution in [0.25, 0.3) is 0 Å². The Labute approximate surface area is 233 Å². The molecule has 0 aliphatic heterocycles. The summed E-state index contributed by atoms with van der Waals surface area (Å²) in [7, 11) is 1.27. The summed E-state index contributed by atoms with van der Waals surface area (Å²) in [5.41, 5.74) is 7.88. The van der Waals surface area contributed by atoms with Crippen LogP contribution >= 0.6 is 0 Å². The fourth-order valence-electron chi connectivity index (χ4n) is 3.79. The number of rotatable bonds is 17. The number of hydrogen-bond donors (Lipinski definition) is 4. The van der Waals surface area contributed by atoms with Gasteiger partial charge >= 0.3 is 12.1 Å². The monoisotopic (exact) mass is 548 g/mol. The summed E-state index contributed by atoms with van der Waals surface area (Å²) in [6.07, 6.45) is 4.97. The Bertz CT molecular complexity index is 898. The van der Waals surface area contributed by atoms with Gasteiger partial charge in [-0.05, 0) is 84.6 Å². The van der Waals surface area contributed by atoms with E-state index in [1.807, 2.05) is 6.92 Å². The molecular formula is C29H48N4O6. The van der Waals surface area contributed by atoms with Crippen molar-refractivity contribution < 1.29 is 28.7 Å². The second-order valence-electron chi connectivity index (χ2n) is 10.8. The number of hydrogen-bond acceptors (Lipinski definition) is 7. The number of unbranched alkanes of at least 4 members (excludes halogenated alkanes) is 2. The minimum Gasteiger partial charge on any atom is -0.467 e. The zero-order chi connectivity index (χ0) is 29.3. The molecule has 0 aliphatic rings. The smallest absolute Gasteiger partial charge is 0.407 e. The zero-order valence-electron chi connectivity index (χ0n) is 24.3. The van der Waals surface area contributed by atoms with Gasteiger partial charge in [0.15, 0.2) is 0 Å². The molecule has 10 nitrogen and oxygen atoms in total. The number of carbonyl (C=O) groups excluding carboxylic acids is 4. The van der Waals surface area contributed by atoms with Crippen LogP contribution in [0.1, 0.15) is 83.3 Å². The predicted octanol–water partition coefficient (Wildman–Crippen LogP) is 3.28. The third-order valence-corrected chi connectivity index (χ3v) is 5.98. The number of methoxy groups -OCH3 is 1. The molecule has 5 N–H and O–H groups in total. The van der Waals surface area contributed by atoms with Crippen LogP contribution in [0.5, 0.6) is 0 Å². The molecule has 0 heterocycles. The third kappa shape index (κ3) is 16.4. The van der Waals surface area contributed by atoms with E-state index < -0.39 is 35.7 Å². The van der Waals surface area contributed by atoms with Crippen LogP contribution in [0.4, 0.5) is 4.79 Å². The number of nitrogens with two attached hydrogens (primary N) is 1. The van der Waals surface area contributed by atoms with Crippen LogP contribution in [0, 0.1) is 6.92 Å². The number of amides is 3. The SMILES string of the molecule is COC(=O)C(CCCCNC(=O)CCCc1ccc(C)cc1)NC(=O)C(N)CCCCNC(=O)OC(C)(C)C. The zero-order valence-corrected chi connectivity index (χ0v) is 24.3. The molecule has 0 aliphatic carbocycles. The van der Waals surface area contributed by atoms with Gasteiger partial charge in [-0.2, -0.15) is 0 Å². The topological polar surface area (TPSA) is 149 Å². The molecule has 0 spiro atoms. The van der Waals surface area contributed by atoms with Gasteiger partial charge in [0.2, 0.25) is 11.8 Å². The van der Waals surface area contributed by atoms with Gasteiger partial charge < -0.3 is 31.2 Å². The number of carbonyl (C=O) groups is 4.